The highest BCUT2D eigenvalue weighted by Gasteiger charge is 2.27. The van der Waals surface area contributed by atoms with Crippen LogP contribution in [0.1, 0.15) is 64.6 Å². The molecule has 0 saturated carbocycles. The average Bonchev–Trinajstić information content (AvgIpc) is 3.56. The molecule has 0 bridgehead atoms. The van der Waals surface area contributed by atoms with E-state index in [0.29, 0.717) is 5.75 Å². The summed E-state index contributed by atoms with van der Waals surface area (Å²) in [6.45, 7) is 12.1. The Labute approximate surface area is 226 Å². The average molecular weight is 523 g/mol. The predicted molar refractivity (Wildman–Crippen MR) is 150 cm³/mol. The van der Waals surface area contributed by atoms with Crippen LogP contribution in [0.5, 0.6) is 5.75 Å². The van der Waals surface area contributed by atoms with E-state index in [1.165, 1.54) is 12.8 Å². The highest BCUT2D eigenvalue weighted by molar-refractivity contribution is 5.87. The van der Waals surface area contributed by atoms with Crippen molar-refractivity contribution < 1.29 is 23.5 Å². The molecule has 1 aromatic heterocycles. The minimum Gasteiger partial charge on any atom is -0.482 e. The van der Waals surface area contributed by atoms with Crippen molar-refractivity contribution in [3.8, 4) is 5.75 Å². The number of likely N-dealkylation sites (N-methyl/N-ethyl adjacent to an activating group) is 1. The number of benzene rings is 2. The second kappa shape index (κ2) is 13.5. The summed E-state index contributed by atoms with van der Waals surface area (Å²) < 4.78 is 16.7. The molecule has 1 amide bonds. The summed E-state index contributed by atoms with van der Waals surface area (Å²) in [6, 6.07) is 15.3. The standard InChI is InChI=1S/C29H36N2O5.C2H6/c1-29(2,3)36-28(33)20-34-23-11-9-10-21(16-23)25(18-31-14-7-8-15-31)30(4)27(32)17-22-19-35-26-13-6-5-12-24(22)26;1-2/h5-6,9-13,16,19,25H,7-8,14-15,17-18,20H2,1-4H3;1-2H3/t25-;/m1./s1. The fraction of sp³-hybridized carbons (Fsp3) is 0.484. The monoisotopic (exact) mass is 522 g/mol. The van der Waals surface area contributed by atoms with Gasteiger partial charge in [0.15, 0.2) is 6.61 Å². The lowest BCUT2D eigenvalue weighted by Gasteiger charge is -2.32. The molecule has 2 heterocycles. The molecule has 0 spiro atoms. The zero-order valence-electron chi connectivity index (χ0n) is 23.7. The first-order chi connectivity index (χ1) is 18.2. The molecule has 0 radical (unpaired) electrons. The second-order valence-electron chi connectivity index (χ2n) is 10.4. The van der Waals surface area contributed by atoms with Crippen LogP contribution in [0, 0.1) is 0 Å². The predicted octanol–water partition coefficient (Wildman–Crippen LogP) is 6.02. The molecule has 3 aromatic rings. The molecule has 0 aliphatic carbocycles. The van der Waals surface area contributed by atoms with Crippen LogP contribution in [0.2, 0.25) is 0 Å². The van der Waals surface area contributed by atoms with Gasteiger partial charge in [0.05, 0.1) is 18.7 Å². The summed E-state index contributed by atoms with van der Waals surface area (Å²) in [5, 5.41) is 0.966. The fourth-order valence-corrected chi connectivity index (χ4v) is 4.62. The topological polar surface area (TPSA) is 72.2 Å². The lowest BCUT2D eigenvalue weighted by molar-refractivity contribution is -0.157. The van der Waals surface area contributed by atoms with Gasteiger partial charge >= 0.3 is 5.97 Å². The minimum atomic E-state index is -0.563. The van der Waals surface area contributed by atoms with E-state index in [1.807, 2.05) is 95.1 Å². The molecule has 7 heteroatoms. The van der Waals surface area contributed by atoms with Crippen LogP contribution < -0.4 is 4.74 Å². The summed E-state index contributed by atoms with van der Waals surface area (Å²) in [5.74, 6) is 0.179. The van der Waals surface area contributed by atoms with E-state index in [4.69, 9.17) is 13.9 Å². The molecule has 2 aromatic carbocycles. The summed E-state index contributed by atoms with van der Waals surface area (Å²) in [4.78, 5) is 29.8. The van der Waals surface area contributed by atoms with Crippen molar-refractivity contribution in [1.29, 1.82) is 0 Å². The van der Waals surface area contributed by atoms with Crippen molar-refractivity contribution in [2.24, 2.45) is 0 Å². The number of hydrogen-bond donors (Lipinski definition) is 0. The van der Waals surface area contributed by atoms with Gasteiger partial charge in [-0.25, -0.2) is 4.79 Å². The second-order valence-corrected chi connectivity index (χ2v) is 10.4. The van der Waals surface area contributed by atoms with Gasteiger partial charge in [-0.3, -0.25) is 4.79 Å². The zero-order valence-corrected chi connectivity index (χ0v) is 23.7. The van der Waals surface area contributed by atoms with E-state index < -0.39 is 11.6 Å². The van der Waals surface area contributed by atoms with Crippen molar-refractivity contribution in [3.05, 3.63) is 65.9 Å². The fourth-order valence-electron chi connectivity index (χ4n) is 4.62. The van der Waals surface area contributed by atoms with Crippen molar-refractivity contribution in [2.45, 2.75) is 65.5 Å². The molecule has 7 nitrogen and oxygen atoms in total. The molecule has 1 fully saturated rings. The van der Waals surface area contributed by atoms with Gasteiger partial charge in [0, 0.05) is 24.5 Å². The molecule has 1 aliphatic heterocycles. The number of fused-ring (bicyclic) bond motifs is 1. The van der Waals surface area contributed by atoms with Gasteiger partial charge in [-0.15, -0.1) is 0 Å². The van der Waals surface area contributed by atoms with Gasteiger partial charge < -0.3 is 23.7 Å². The number of para-hydroxylation sites is 1. The Hall–Kier alpha value is -3.32. The maximum absolute atomic E-state index is 13.4. The number of rotatable bonds is 9. The Balaban J connectivity index is 0.00000195. The molecule has 206 valence electrons. The molecular weight excluding hydrogens is 480 g/mol. The third-order valence-electron chi connectivity index (χ3n) is 6.41. The number of carbonyl (C=O) groups is 2. The third-order valence-corrected chi connectivity index (χ3v) is 6.41. The molecule has 1 saturated heterocycles. The summed E-state index contributed by atoms with van der Waals surface area (Å²) in [7, 11) is 1.86. The normalized spacial score (nSPS) is 14.5. The SMILES string of the molecule is CC.CN(C(=O)Cc1coc2ccccc12)[C@H](CN1CCCC1)c1cccc(OCC(=O)OC(C)(C)C)c1. The van der Waals surface area contributed by atoms with Crippen molar-refractivity contribution in [3.63, 3.8) is 0 Å². The lowest BCUT2D eigenvalue weighted by Crippen LogP contribution is -2.39. The van der Waals surface area contributed by atoms with Crippen molar-refractivity contribution >= 4 is 22.8 Å². The van der Waals surface area contributed by atoms with E-state index >= 15 is 0 Å². The highest BCUT2D eigenvalue weighted by atomic mass is 16.6. The number of likely N-dealkylation sites (tertiary alicyclic amines) is 1. The Morgan fingerprint density at radius 1 is 1.05 bits per heavy atom. The van der Waals surface area contributed by atoms with Gasteiger partial charge in [-0.1, -0.05) is 44.2 Å². The number of esters is 1. The number of hydrogen-bond acceptors (Lipinski definition) is 6. The number of amides is 1. The van der Waals surface area contributed by atoms with E-state index in [-0.39, 0.29) is 25.0 Å². The number of nitrogens with zero attached hydrogens (tertiary/aromatic N) is 2. The smallest absolute Gasteiger partial charge is 0.344 e. The number of furan rings is 1. The summed E-state index contributed by atoms with van der Waals surface area (Å²) >= 11 is 0. The number of carbonyl (C=O) groups excluding carboxylic acids is 2. The van der Waals surface area contributed by atoms with Crippen LogP contribution in [0.4, 0.5) is 0 Å². The van der Waals surface area contributed by atoms with Gasteiger partial charge in [0.25, 0.3) is 0 Å². The van der Waals surface area contributed by atoms with Crippen LogP contribution in [0.3, 0.4) is 0 Å². The third kappa shape index (κ3) is 8.09. The summed E-state index contributed by atoms with van der Waals surface area (Å²) in [6.07, 6.45) is 4.28. The zero-order chi connectivity index (χ0) is 27.7. The Morgan fingerprint density at radius 2 is 1.76 bits per heavy atom. The van der Waals surface area contributed by atoms with Crippen LogP contribution >= 0.6 is 0 Å². The largest absolute Gasteiger partial charge is 0.482 e. The van der Waals surface area contributed by atoms with Crippen LogP contribution in [-0.2, 0) is 20.7 Å². The molecule has 1 aliphatic rings. The maximum Gasteiger partial charge on any atom is 0.344 e. The first-order valence-electron chi connectivity index (χ1n) is 13.6. The maximum atomic E-state index is 13.4. The van der Waals surface area contributed by atoms with Gasteiger partial charge in [0.1, 0.15) is 16.9 Å². The van der Waals surface area contributed by atoms with Crippen LogP contribution in [-0.4, -0.2) is 60.6 Å². The first-order valence-corrected chi connectivity index (χ1v) is 13.6. The van der Waals surface area contributed by atoms with Crippen LogP contribution in [0.15, 0.2) is 59.2 Å². The van der Waals surface area contributed by atoms with Gasteiger partial charge in [0.2, 0.25) is 5.91 Å². The first kappa shape index (κ1) is 29.2. The van der Waals surface area contributed by atoms with Crippen LogP contribution in [0.25, 0.3) is 11.0 Å². The van der Waals surface area contributed by atoms with E-state index in [0.717, 1.165) is 41.7 Å². The number of ether oxygens (including phenoxy) is 2. The molecule has 0 N–H and O–H groups in total. The quantitative estimate of drug-likeness (QED) is 0.320. The minimum absolute atomic E-state index is 0.0193. The molecule has 4 rings (SSSR count). The van der Waals surface area contributed by atoms with E-state index in [2.05, 4.69) is 4.90 Å². The molecule has 38 heavy (non-hydrogen) atoms. The van der Waals surface area contributed by atoms with E-state index in [1.54, 1.807) is 6.26 Å². The van der Waals surface area contributed by atoms with E-state index in [9.17, 15) is 9.59 Å². The van der Waals surface area contributed by atoms with Gasteiger partial charge in [-0.05, 0) is 70.5 Å². The highest BCUT2D eigenvalue weighted by Crippen LogP contribution is 2.28. The van der Waals surface area contributed by atoms with Crippen molar-refractivity contribution in [1.82, 2.24) is 9.80 Å². The van der Waals surface area contributed by atoms with Gasteiger partial charge in [-0.2, -0.15) is 0 Å². The Bertz CT molecular complexity index is 1190. The Kier molecular flexibility index (Phi) is 10.4. The van der Waals surface area contributed by atoms with Crippen molar-refractivity contribution in [2.75, 3.05) is 33.3 Å². The summed E-state index contributed by atoms with van der Waals surface area (Å²) in [5.41, 5.74) is 2.08. The molecule has 0 unspecified atom stereocenters. The lowest BCUT2D eigenvalue weighted by atomic mass is 10.0. The Morgan fingerprint density at radius 3 is 2.47 bits per heavy atom. The molecule has 1 atom stereocenters. The molecular formula is C31H42N2O5.